The molecule has 3 rings (SSSR count). The first-order valence-electron chi connectivity index (χ1n) is 6.27. The number of rotatable bonds is 2. The smallest absolute Gasteiger partial charge is 0.248 e. The lowest BCUT2D eigenvalue weighted by Crippen LogP contribution is -2.14. The van der Waals surface area contributed by atoms with Crippen molar-refractivity contribution in [2.45, 2.75) is 5.92 Å². The summed E-state index contributed by atoms with van der Waals surface area (Å²) in [5.74, 6) is 0.0356. The Kier molecular flexibility index (Phi) is 2.91. The maximum Gasteiger partial charge on any atom is 0.248 e. The Bertz CT molecular complexity index is 628. The van der Waals surface area contributed by atoms with Crippen molar-refractivity contribution >= 4 is 12.0 Å². The fraction of sp³-hybridized carbons (Fsp3) is 0.200. The number of nitrogens with one attached hydrogen (secondary N) is 1. The summed E-state index contributed by atoms with van der Waals surface area (Å²) in [6.07, 6.45) is 5.67. The molecule has 2 aromatic rings. The van der Waals surface area contributed by atoms with Crippen molar-refractivity contribution in [1.82, 2.24) is 14.9 Å². The molecule has 1 aliphatic heterocycles. The van der Waals surface area contributed by atoms with Crippen LogP contribution in [-0.2, 0) is 11.8 Å². The first-order chi connectivity index (χ1) is 9.24. The van der Waals surface area contributed by atoms with E-state index in [4.69, 9.17) is 0 Å². The van der Waals surface area contributed by atoms with Crippen LogP contribution in [0.25, 0.3) is 6.08 Å². The molecule has 1 aromatic carbocycles. The van der Waals surface area contributed by atoms with E-state index >= 15 is 0 Å². The van der Waals surface area contributed by atoms with Crippen LogP contribution in [0.1, 0.15) is 17.2 Å². The molecule has 0 bridgehead atoms. The number of amides is 1. The van der Waals surface area contributed by atoms with Gasteiger partial charge in [0.15, 0.2) is 0 Å². The first-order valence-corrected chi connectivity index (χ1v) is 6.27. The molecule has 1 fully saturated rings. The Hall–Kier alpha value is -2.36. The number of nitrogens with zero attached hydrogens (tertiary/aromatic N) is 2. The molecule has 0 saturated carbocycles. The summed E-state index contributed by atoms with van der Waals surface area (Å²) in [7, 11) is 1.93. The molecule has 19 heavy (non-hydrogen) atoms. The van der Waals surface area contributed by atoms with Crippen molar-refractivity contribution in [1.29, 1.82) is 0 Å². The number of carbonyl (C=O) groups excluding carboxylic acids is 1. The summed E-state index contributed by atoms with van der Waals surface area (Å²) >= 11 is 0. The summed E-state index contributed by atoms with van der Waals surface area (Å²) in [5, 5.41) is 2.89. The number of benzene rings is 1. The van der Waals surface area contributed by atoms with Crippen LogP contribution in [0.5, 0.6) is 0 Å². The van der Waals surface area contributed by atoms with E-state index in [1.54, 1.807) is 6.33 Å². The van der Waals surface area contributed by atoms with Gasteiger partial charge in [-0.2, -0.15) is 0 Å². The average molecular weight is 253 g/mol. The van der Waals surface area contributed by atoms with Gasteiger partial charge in [0.2, 0.25) is 5.91 Å². The van der Waals surface area contributed by atoms with Gasteiger partial charge in [0, 0.05) is 25.4 Å². The minimum absolute atomic E-state index is 0.000457. The Morgan fingerprint density at radius 1 is 1.37 bits per heavy atom. The van der Waals surface area contributed by atoms with Crippen LogP contribution < -0.4 is 5.32 Å². The topological polar surface area (TPSA) is 46.9 Å². The van der Waals surface area contributed by atoms with E-state index in [9.17, 15) is 4.79 Å². The van der Waals surface area contributed by atoms with Crippen molar-refractivity contribution in [3.63, 3.8) is 0 Å². The second kappa shape index (κ2) is 4.72. The number of hydrogen-bond acceptors (Lipinski definition) is 2. The van der Waals surface area contributed by atoms with Gasteiger partial charge in [0.1, 0.15) is 0 Å². The van der Waals surface area contributed by atoms with Crippen molar-refractivity contribution < 1.29 is 4.79 Å². The normalized spacial score (nSPS) is 20.8. The fourth-order valence-corrected chi connectivity index (χ4v) is 2.34. The number of aryl methyl sites for hydroxylation is 1. The highest BCUT2D eigenvalue weighted by Crippen LogP contribution is 2.28. The molecule has 1 saturated heterocycles. The summed E-state index contributed by atoms with van der Waals surface area (Å²) in [6, 6.07) is 9.89. The van der Waals surface area contributed by atoms with Gasteiger partial charge < -0.3 is 9.88 Å². The highest BCUT2D eigenvalue weighted by Gasteiger charge is 2.30. The van der Waals surface area contributed by atoms with Crippen LogP contribution in [-0.4, -0.2) is 22.0 Å². The molecule has 1 atom stereocenters. The summed E-state index contributed by atoms with van der Waals surface area (Å²) in [6.45, 7) is 0.620. The number of carbonyl (C=O) groups is 1. The Morgan fingerprint density at radius 2 is 2.16 bits per heavy atom. The Morgan fingerprint density at radius 3 is 2.84 bits per heavy atom. The molecule has 4 nitrogen and oxygen atoms in total. The van der Waals surface area contributed by atoms with Crippen molar-refractivity contribution in [3.8, 4) is 0 Å². The molecule has 1 N–H and O–H groups in total. The third kappa shape index (κ3) is 2.29. The predicted octanol–water partition coefficient (Wildman–Crippen LogP) is 1.72. The standard InChI is InChI=1S/C15H15N3O/c1-18-9-14(17-10-18)13-8-16-15(19)12(13)7-11-5-3-2-4-6-11/h2-7,9-10,13H,8H2,1H3,(H,16,19)/b12-7-/t13-/m1/s1. The monoisotopic (exact) mass is 253 g/mol. The number of imidazole rings is 1. The van der Waals surface area contributed by atoms with Crippen LogP contribution in [0, 0.1) is 0 Å². The Labute approximate surface area is 111 Å². The second-order valence-electron chi connectivity index (χ2n) is 4.74. The third-order valence-electron chi connectivity index (χ3n) is 3.31. The maximum absolute atomic E-state index is 12.0. The summed E-state index contributed by atoms with van der Waals surface area (Å²) in [4.78, 5) is 16.3. The summed E-state index contributed by atoms with van der Waals surface area (Å²) < 4.78 is 1.90. The van der Waals surface area contributed by atoms with Gasteiger partial charge in [0.25, 0.3) is 0 Å². The lowest BCUT2D eigenvalue weighted by molar-refractivity contribution is -0.116. The number of hydrogen-bond donors (Lipinski definition) is 1. The molecule has 0 radical (unpaired) electrons. The molecule has 0 spiro atoms. The van der Waals surface area contributed by atoms with Gasteiger partial charge in [-0.15, -0.1) is 0 Å². The minimum atomic E-state index is -0.000457. The van der Waals surface area contributed by atoms with E-state index in [-0.39, 0.29) is 11.8 Å². The molecule has 1 aromatic heterocycles. The van der Waals surface area contributed by atoms with Crippen molar-refractivity contribution in [2.75, 3.05) is 6.54 Å². The molecule has 0 unspecified atom stereocenters. The highest BCUT2D eigenvalue weighted by molar-refractivity contribution is 6.01. The molecule has 4 heteroatoms. The zero-order valence-corrected chi connectivity index (χ0v) is 10.7. The second-order valence-corrected chi connectivity index (χ2v) is 4.74. The van der Waals surface area contributed by atoms with Gasteiger partial charge in [-0.05, 0) is 11.6 Å². The van der Waals surface area contributed by atoms with Gasteiger partial charge in [-0.25, -0.2) is 4.98 Å². The van der Waals surface area contributed by atoms with E-state index in [1.165, 1.54) is 0 Å². The quantitative estimate of drug-likeness (QED) is 0.828. The van der Waals surface area contributed by atoms with Gasteiger partial charge in [0.05, 0.1) is 17.9 Å². The van der Waals surface area contributed by atoms with E-state index in [0.717, 1.165) is 16.8 Å². The first kappa shape index (κ1) is 11.7. The lowest BCUT2D eigenvalue weighted by atomic mass is 9.97. The van der Waals surface area contributed by atoms with E-state index in [1.807, 2.05) is 54.2 Å². The minimum Gasteiger partial charge on any atom is -0.351 e. The molecular formula is C15H15N3O. The van der Waals surface area contributed by atoms with Gasteiger partial charge in [-0.1, -0.05) is 30.3 Å². The number of aromatic nitrogens is 2. The summed E-state index contributed by atoms with van der Waals surface area (Å²) in [5.41, 5.74) is 2.75. The van der Waals surface area contributed by atoms with Gasteiger partial charge in [-0.3, -0.25) is 4.79 Å². The zero-order chi connectivity index (χ0) is 13.2. The predicted molar refractivity (Wildman–Crippen MR) is 73.4 cm³/mol. The molecule has 0 aliphatic carbocycles. The van der Waals surface area contributed by atoms with Crippen molar-refractivity contribution in [3.05, 3.63) is 59.7 Å². The molecule has 96 valence electrons. The molecule has 1 amide bonds. The van der Waals surface area contributed by atoms with E-state index in [0.29, 0.717) is 6.54 Å². The van der Waals surface area contributed by atoms with Crippen LogP contribution in [0.3, 0.4) is 0 Å². The highest BCUT2D eigenvalue weighted by atomic mass is 16.2. The average Bonchev–Trinajstić information content (AvgIpc) is 2.99. The Balaban J connectivity index is 1.97. The lowest BCUT2D eigenvalue weighted by Gasteiger charge is -2.06. The van der Waals surface area contributed by atoms with Crippen LogP contribution in [0.15, 0.2) is 48.4 Å². The molecule has 1 aliphatic rings. The SMILES string of the molecule is Cn1cnc([C@@H]2CNC(=O)/C2=C\c2ccccc2)c1. The third-order valence-corrected chi connectivity index (χ3v) is 3.31. The van der Waals surface area contributed by atoms with Crippen LogP contribution >= 0.6 is 0 Å². The molecular weight excluding hydrogens is 238 g/mol. The zero-order valence-electron chi connectivity index (χ0n) is 10.7. The van der Waals surface area contributed by atoms with Crippen molar-refractivity contribution in [2.24, 2.45) is 7.05 Å². The maximum atomic E-state index is 12.0. The largest absolute Gasteiger partial charge is 0.351 e. The van der Waals surface area contributed by atoms with E-state index in [2.05, 4.69) is 10.3 Å². The van der Waals surface area contributed by atoms with Gasteiger partial charge >= 0.3 is 0 Å². The molecule has 2 heterocycles. The van der Waals surface area contributed by atoms with Crippen LogP contribution in [0.2, 0.25) is 0 Å². The van der Waals surface area contributed by atoms with Crippen LogP contribution in [0.4, 0.5) is 0 Å². The fourth-order valence-electron chi connectivity index (χ4n) is 2.34. The van der Waals surface area contributed by atoms with E-state index < -0.39 is 0 Å².